The second kappa shape index (κ2) is 7.38. The smallest absolute Gasteiger partial charge is 0.303 e. The van der Waals surface area contributed by atoms with E-state index in [-0.39, 0.29) is 18.1 Å². The van der Waals surface area contributed by atoms with Crippen LogP contribution in [0.4, 0.5) is 0 Å². The normalized spacial score (nSPS) is 13.5. The van der Waals surface area contributed by atoms with Gasteiger partial charge in [0.25, 0.3) is 0 Å². The molecule has 1 aromatic carbocycles. The lowest BCUT2D eigenvalue weighted by Gasteiger charge is -2.27. The van der Waals surface area contributed by atoms with Crippen LogP contribution < -0.4 is 0 Å². The molecule has 0 bridgehead atoms. The van der Waals surface area contributed by atoms with Crippen LogP contribution in [-0.2, 0) is 35.5 Å². The number of nitrogens with zero attached hydrogens (tertiary/aromatic N) is 3. The van der Waals surface area contributed by atoms with Gasteiger partial charge in [-0.1, -0.05) is 12.1 Å². The van der Waals surface area contributed by atoms with Crippen molar-refractivity contribution in [1.82, 2.24) is 14.7 Å². The predicted molar refractivity (Wildman–Crippen MR) is 90.0 cm³/mol. The SMILES string of the molecule is O=C(O)CCc1cc2n(n1)CCN(C(=O)CCc1ccc(O)cc1)C2. The van der Waals surface area contributed by atoms with Crippen LogP contribution in [0.25, 0.3) is 0 Å². The maximum absolute atomic E-state index is 12.4. The molecule has 1 aliphatic heterocycles. The minimum absolute atomic E-state index is 0.0612. The number of amides is 1. The first kappa shape index (κ1) is 17.0. The van der Waals surface area contributed by atoms with Gasteiger partial charge in [0.15, 0.2) is 0 Å². The summed E-state index contributed by atoms with van der Waals surface area (Å²) in [7, 11) is 0. The summed E-state index contributed by atoms with van der Waals surface area (Å²) in [6, 6.07) is 8.78. The van der Waals surface area contributed by atoms with Crippen LogP contribution in [0.3, 0.4) is 0 Å². The first-order chi connectivity index (χ1) is 12.0. The van der Waals surface area contributed by atoms with Gasteiger partial charge in [-0.15, -0.1) is 0 Å². The number of aromatic nitrogens is 2. The molecule has 7 nitrogen and oxygen atoms in total. The first-order valence-electron chi connectivity index (χ1n) is 8.34. The quantitative estimate of drug-likeness (QED) is 0.830. The Labute approximate surface area is 145 Å². The maximum Gasteiger partial charge on any atom is 0.303 e. The van der Waals surface area contributed by atoms with E-state index < -0.39 is 5.97 Å². The van der Waals surface area contributed by atoms with E-state index in [9.17, 15) is 14.7 Å². The predicted octanol–water partition coefficient (Wildman–Crippen LogP) is 1.58. The standard InChI is InChI=1S/C18H21N3O4/c22-16-5-1-13(2-6-16)3-7-17(23)20-9-10-21-15(12-20)11-14(19-21)4-8-18(24)25/h1-2,5-6,11,22H,3-4,7-10,12H2,(H,24,25). The highest BCUT2D eigenvalue weighted by Gasteiger charge is 2.22. The fourth-order valence-electron chi connectivity index (χ4n) is 2.97. The van der Waals surface area contributed by atoms with Crippen LogP contribution in [0.5, 0.6) is 5.75 Å². The molecule has 2 heterocycles. The minimum atomic E-state index is -0.836. The number of rotatable bonds is 6. The van der Waals surface area contributed by atoms with Gasteiger partial charge in [0.2, 0.25) is 5.91 Å². The maximum atomic E-state index is 12.4. The van der Waals surface area contributed by atoms with Crippen LogP contribution in [-0.4, -0.2) is 43.3 Å². The summed E-state index contributed by atoms with van der Waals surface area (Å²) in [4.78, 5) is 24.9. The van der Waals surface area contributed by atoms with Crippen molar-refractivity contribution in [2.24, 2.45) is 0 Å². The molecule has 2 aromatic rings. The Morgan fingerprint density at radius 2 is 1.84 bits per heavy atom. The molecule has 1 aliphatic rings. The summed E-state index contributed by atoms with van der Waals surface area (Å²) in [6.45, 7) is 1.75. The summed E-state index contributed by atoms with van der Waals surface area (Å²) < 4.78 is 1.86. The van der Waals surface area contributed by atoms with Gasteiger partial charge in [-0.3, -0.25) is 14.3 Å². The summed E-state index contributed by atoms with van der Waals surface area (Å²) >= 11 is 0. The molecule has 1 amide bonds. The highest BCUT2D eigenvalue weighted by molar-refractivity contribution is 5.76. The molecule has 0 fully saturated rings. The number of phenolic OH excluding ortho intramolecular Hbond substituents is 1. The van der Waals surface area contributed by atoms with E-state index in [4.69, 9.17) is 5.11 Å². The lowest BCUT2D eigenvalue weighted by molar-refractivity contribution is -0.137. The van der Waals surface area contributed by atoms with E-state index in [0.29, 0.717) is 38.9 Å². The number of aryl methyl sites for hydroxylation is 2. The molecule has 25 heavy (non-hydrogen) atoms. The van der Waals surface area contributed by atoms with Crippen LogP contribution in [0.15, 0.2) is 30.3 Å². The Morgan fingerprint density at radius 3 is 2.56 bits per heavy atom. The molecule has 7 heteroatoms. The third-order valence-corrected chi connectivity index (χ3v) is 4.36. The van der Waals surface area contributed by atoms with Crippen molar-refractivity contribution in [1.29, 1.82) is 0 Å². The molecule has 0 aliphatic carbocycles. The zero-order chi connectivity index (χ0) is 17.8. The Kier molecular flexibility index (Phi) is 5.02. The van der Waals surface area contributed by atoms with Crippen LogP contribution >= 0.6 is 0 Å². The highest BCUT2D eigenvalue weighted by Crippen LogP contribution is 2.17. The fourth-order valence-corrected chi connectivity index (χ4v) is 2.97. The van der Waals surface area contributed by atoms with Gasteiger partial charge in [-0.2, -0.15) is 5.10 Å². The average Bonchev–Trinajstić information content (AvgIpc) is 3.01. The molecule has 0 saturated heterocycles. The van der Waals surface area contributed by atoms with Crippen molar-refractivity contribution in [3.63, 3.8) is 0 Å². The van der Waals surface area contributed by atoms with E-state index in [1.165, 1.54) is 0 Å². The monoisotopic (exact) mass is 343 g/mol. The number of benzene rings is 1. The molecular formula is C18H21N3O4. The van der Waals surface area contributed by atoms with E-state index in [0.717, 1.165) is 17.0 Å². The van der Waals surface area contributed by atoms with Crippen LogP contribution in [0.2, 0.25) is 0 Å². The number of carboxylic acid groups (broad SMARTS) is 1. The number of fused-ring (bicyclic) bond motifs is 1. The Bertz CT molecular complexity index is 767. The number of carbonyl (C=O) groups is 2. The first-order valence-corrected chi connectivity index (χ1v) is 8.34. The van der Waals surface area contributed by atoms with E-state index >= 15 is 0 Å². The van der Waals surface area contributed by atoms with Gasteiger partial charge in [-0.05, 0) is 30.2 Å². The van der Waals surface area contributed by atoms with E-state index in [1.807, 2.05) is 27.8 Å². The summed E-state index contributed by atoms with van der Waals surface area (Å²) in [5.41, 5.74) is 2.73. The molecule has 0 saturated carbocycles. The van der Waals surface area contributed by atoms with Crippen molar-refractivity contribution in [2.75, 3.05) is 6.54 Å². The highest BCUT2D eigenvalue weighted by atomic mass is 16.4. The molecule has 3 rings (SSSR count). The van der Waals surface area contributed by atoms with Crippen LogP contribution in [0.1, 0.15) is 29.8 Å². The third-order valence-electron chi connectivity index (χ3n) is 4.36. The number of phenols is 1. The molecule has 0 unspecified atom stereocenters. The Balaban J connectivity index is 1.55. The largest absolute Gasteiger partial charge is 0.508 e. The van der Waals surface area contributed by atoms with Gasteiger partial charge in [0.05, 0.1) is 30.9 Å². The lowest BCUT2D eigenvalue weighted by Crippen LogP contribution is -2.38. The van der Waals surface area contributed by atoms with Gasteiger partial charge < -0.3 is 15.1 Å². The Morgan fingerprint density at radius 1 is 1.08 bits per heavy atom. The number of carbonyl (C=O) groups excluding carboxylic acids is 1. The van der Waals surface area contributed by atoms with Crippen molar-refractivity contribution in [3.8, 4) is 5.75 Å². The van der Waals surface area contributed by atoms with E-state index in [2.05, 4.69) is 5.10 Å². The Hall–Kier alpha value is -2.83. The zero-order valence-corrected chi connectivity index (χ0v) is 13.9. The van der Waals surface area contributed by atoms with Gasteiger partial charge in [0, 0.05) is 19.4 Å². The minimum Gasteiger partial charge on any atom is -0.508 e. The molecule has 0 atom stereocenters. The molecule has 0 spiro atoms. The van der Waals surface area contributed by atoms with Crippen LogP contribution in [0, 0.1) is 0 Å². The number of hydrogen-bond acceptors (Lipinski definition) is 4. The summed E-state index contributed by atoms with van der Waals surface area (Å²) in [6.07, 6.45) is 1.53. The number of aliphatic carboxylic acids is 1. The molecule has 2 N–H and O–H groups in total. The van der Waals surface area contributed by atoms with E-state index in [1.54, 1.807) is 12.1 Å². The van der Waals surface area contributed by atoms with Gasteiger partial charge in [0.1, 0.15) is 5.75 Å². The van der Waals surface area contributed by atoms with Gasteiger partial charge in [-0.25, -0.2) is 0 Å². The third kappa shape index (κ3) is 4.37. The number of carboxylic acids is 1. The fraction of sp³-hybridized carbons (Fsp3) is 0.389. The second-order valence-corrected chi connectivity index (χ2v) is 6.23. The zero-order valence-electron chi connectivity index (χ0n) is 13.9. The molecule has 1 aromatic heterocycles. The molecule has 132 valence electrons. The van der Waals surface area contributed by atoms with Gasteiger partial charge >= 0.3 is 5.97 Å². The van der Waals surface area contributed by atoms with Crippen molar-refractivity contribution < 1.29 is 19.8 Å². The summed E-state index contributed by atoms with van der Waals surface area (Å²) in [5.74, 6) is -0.525. The van der Waals surface area contributed by atoms with Crippen molar-refractivity contribution in [2.45, 2.75) is 38.8 Å². The average molecular weight is 343 g/mol. The number of hydrogen-bond donors (Lipinski definition) is 2. The number of aromatic hydroxyl groups is 1. The lowest BCUT2D eigenvalue weighted by atomic mass is 10.1. The molecular weight excluding hydrogens is 322 g/mol. The molecule has 0 radical (unpaired) electrons. The topological polar surface area (TPSA) is 95.7 Å². The summed E-state index contributed by atoms with van der Waals surface area (Å²) in [5, 5.41) is 22.5. The second-order valence-electron chi connectivity index (χ2n) is 6.23. The van der Waals surface area contributed by atoms with Crippen molar-refractivity contribution >= 4 is 11.9 Å². The van der Waals surface area contributed by atoms with Crippen molar-refractivity contribution in [3.05, 3.63) is 47.3 Å².